The summed E-state index contributed by atoms with van der Waals surface area (Å²) in [5.41, 5.74) is 1.76. The molecule has 4 rings (SSSR count). The predicted molar refractivity (Wildman–Crippen MR) is 108 cm³/mol. The van der Waals surface area contributed by atoms with Crippen LogP contribution >= 0.6 is 15.9 Å². The molecule has 0 aliphatic carbocycles. The van der Waals surface area contributed by atoms with Gasteiger partial charge in [-0.2, -0.15) is 0 Å². The maximum absolute atomic E-state index is 10.8. The number of fused-ring (bicyclic) bond motifs is 2. The second kappa shape index (κ2) is 6.62. The average Bonchev–Trinajstić information content (AvgIpc) is 2.68. The molecule has 0 N–H and O–H groups in total. The highest BCUT2D eigenvalue weighted by molar-refractivity contribution is 9.10. The molecular weight excluding hydrogens is 390 g/mol. The van der Waals surface area contributed by atoms with E-state index in [2.05, 4.69) is 52.0 Å². The van der Waals surface area contributed by atoms with Crippen molar-refractivity contribution in [3.05, 3.63) is 98.5 Å². The SMILES string of the molecule is O=[N+]([O-])c1ccc(C#Cc2c3ccccc3c(Br)c3ccccc23)cc1. The first kappa shape index (κ1) is 16.3. The Labute approximate surface area is 158 Å². The summed E-state index contributed by atoms with van der Waals surface area (Å²) in [5, 5.41) is 15.2. The number of nitrogens with zero attached hydrogens (tertiary/aromatic N) is 1. The van der Waals surface area contributed by atoms with Gasteiger partial charge in [-0.05, 0) is 49.6 Å². The molecule has 4 heteroatoms. The molecular formula is C22H12BrNO2. The topological polar surface area (TPSA) is 43.1 Å². The minimum Gasteiger partial charge on any atom is -0.258 e. The van der Waals surface area contributed by atoms with Crippen LogP contribution < -0.4 is 0 Å². The zero-order chi connectivity index (χ0) is 18.1. The Morgan fingerprint density at radius 2 is 1.23 bits per heavy atom. The maximum atomic E-state index is 10.8. The van der Waals surface area contributed by atoms with Crippen LogP contribution in [0, 0.1) is 22.0 Å². The molecule has 0 aromatic heterocycles. The Balaban J connectivity index is 1.94. The van der Waals surface area contributed by atoms with Crippen LogP contribution in [-0.4, -0.2) is 4.92 Å². The van der Waals surface area contributed by atoms with Crippen molar-refractivity contribution >= 4 is 43.2 Å². The van der Waals surface area contributed by atoms with Crippen molar-refractivity contribution in [2.75, 3.05) is 0 Å². The van der Waals surface area contributed by atoms with E-state index in [0.29, 0.717) is 0 Å². The zero-order valence-corrected chi connectivity index (χ0v) is 15.2. The van der Waals surface area contributed by atoms with Crippen LogP contribution in [0.3, 0.4) is 0 Å². The molecule has 4 aromatic carbocycles. The van der Waals surface area contributed by atoms with Crippen LogP contribution in [0.1, 0.15) is 11.1 Å². The lowest BCUT2D eigenvalue weighted by Crippen LogP contribution is -1.88. The van der Waals surface area contributed by atoms with Crippen LogP contribution in [0.25, 0.3) is 21.5 Å². The summed E-state index contributed by atoms with van der Waals surface area (Å²) >= 11 is 3.72. The van der Waals surface area contributed by atoms with E-state index in [1.54, 1.807) is 12.1 Å². The lowest BCUT2D eigenvalue weighted by molar-refractivity contribution is -0.384. The van der Waals surface area contributed by atoms with Crippen molar-refractivity contribution in [2.45, 2.75) is 0 Å². The first-order valence-electron chi connectivity index (χ1n) is 8.00. The molecule has 0 saturated heterocycles. The summed E-state index contributed by atoms with van der Waals surface area (Å²) in [6.07, 6.45) is 0. The van der Waals surface area contributed by atoms with E-state index in [4.69, 9.17) is 0 Å². The minimum atomic E-state index is -0.410. The van der Waals surface area contributed by atoms with Gasteiger partial charge in [0, 0.05) is 27.7 Å². The van der Waals surface area contributed by atoms with Gasteiger partial charge in [0.15, 0.2) is 0 Å². The zero-order valence-electron chi connectivity index (χ0n) is 13.6. The van der Waals surface area contributed by atoms with Gasteiger partial charge in [0.25, 0.3) is 5.69 Å². The summed E-state index contributed by atoms with van der Waals surface area (Å²) in [6.45, 7) is 0. The number of hydrogen-bond acceptors (Lipinski definition) is 2. The first-order valence-corrected chi connectivity index (χ1v) is 8.80. The molecule has 0 atom stereocenters. The predicted octanol–water partition coefficient (Wildman–Crippen LogP) is 6.06. The standard InChI is InChI=1S/C22H12BrNO2/c23-22-20-7-3-1-5-17(20)19(18-6-2-4-8-21(18)22)14-11-15-9-12-16(13-10-15)24(25)26/h1-10,12-13H. The van der Waals surface area contributed by atoms with Crippen LogP contribution in [0.15, 0.2) is 77.3 Å². The van der Waals surface area contributed by atoms with Gasteiger partial charge in [-0.15, -0.1) is 0 Å². The van der Waals surface area contributed by atoms with Crippen molar-refractivity contribution in [3.8, 4) is 11.8 Å². The Bertz CT molecular complexity index is 1160. The van der Waals surface area contributed by atoms with Gasteiger partial charge < -0.3 is 0 Å². The van der Waals surface area contributed by atoms with Gasteiger partial charge in [0.05, 0.1) is 4.92 Å². The molecule has 0 fully saturated rings. The lowest BCUT2D eigenvalue weighted by Gasteiger charge is -2.09. The van der Waals surface area contributed by atoms with Crippen molar-refractivity contribution in [2.24, 2.45) is 0 Å². The van der Waals surface area contributed by atoms with Crippen molar-refractivity contribution in [1.82, 2.24) is 0 Å². The summed E-state index contributed by atoms with van der Waals surface area (Å²) in [4.78, 5) is 10.4. The molecule has 0 aliphatic heterocycles. The quantitative estimate of drug-likeness (QED) is 0.168. The van der Waals surface area contributed by atoms with E-state index in [9.17, 15) is 10.1 Å². The van der Waals surface area contributed by atoms with Gasteiger partial charge in [0.1, 0.15) is 0 Å². The molecule has 26 heavy (non-hydrogen) atoms. The van der Waals surface area contributed by atoms with Crippen LogP contribution in [-0.2, 0) is 0 Å². The first-order chi connectivity index (χ1) is 12.6. The fourth-order valence-electron chi connectivity index (χ4n) is 3.01. The number of hydrogen-bond donors (Lipinski definition) is 0. The normalized spacial score (nSPS) is 10.5. The monoisotopic (exact) mass is 401 g/mol. The van der Waals surface area contributed by atoms with Crippen molar-refractivity contribution in [1.29, 1.82) is 0 Å². The summed E-state index contributed by atoms with van der Waals surface area (Å²) in [5.74, 6) is 6.43. The third-order valence-electron chi connectivity index (χ3n) is 4.28. The number of non-ortho nitro benzene ring substituents is 1. The lowest BCUT2D eigenvalue weighted by atomic mass is 9.97. The number of halogens is 1. The smallest absolute Gasteiger partial charge is 0.258 e. The Kier molecular flexibility index (Phi) is 4.16. The highest BCUT2D eigenvalue weighted by Crippen LogP contribution is 2.35. The largest absolute Gasteiger partial charge is 0.269 e. The molecule has 0 amide bonds. The van der Waals surface area contributed by atoms with E-state index in [1.807, 2.05) is 24.3 Å². The highest BCUT2D eigenvalue weighted by Gasteiger charge is 2.10. The van der Waals surface area contributed by atoms with Crippen molar-refractivity contribution in [3.63, 3.8) is 0 Å². The molecule has 124 valence electrons. The van der Waals surface area contributed by atoms with Gasteiger partial charge >= 0.3 is 0 Å². The Morgan fingerprint density at radius 3 is 1.73 bits per heavy atom. The van der Waals surface area contributed by atoms with Crippen LogP contribution in [0.5, 0.6) is 0 Å². The van der Waals surface area contributed by atoms with E-state index in [0.717, 1.165) is 37.1 Å². The molecule has 0 spiro atoms. The summed E-state index contributed by atoms with van der Waals surface area (Å²) in [7, 11) is 0. The fourth-order valence-corrected chi connectivity index (χ4v) is 3.70. The third kappa shape index (κ3) is 2.83. The minimum absolute atomic E-state index is 0.0649. The number of nitro groups is 1. The summed E-state index contributed by atoms with van der Waals surface area (Å²) < 4.78 is 1.06. The number of benzene rings is 4. The Hall–Kier alpha value is -3.16. The molecule has 4 aromatic rings. The van der Waals surface area contributed by atoms with Crippen LogP contribution in [0.4, 0.5) is 5.69 Å². The Morgan fingerprint density at radius 1 is 0.731 bits per heavy atom. The molecule has 0 unspecified atom stereocenters. The van der Waals surface area contributed by atoms with E-state index < -0.39 is 4.92 Å². The van der Waals surface area contributed by atoms with E-state index >= 15 is 0 Å². The van der Waals surface area contributed by atoms with Crippen molar-refractivity contribution < 1.29 is 4.92 Å². The average molecular weight is 402 g/mol. The van der Waals surface area contributed by atoms with Gasteiger partial charge in [0.2, 0.25) is 0 Å². The second-order valence-corrected chi connectivity index (χ2v) is 6.63. The van der Waals surface area contributed by atoms with Crippen LogP contribution in [0.2, 0.25) is 0 Å². The maximum Gasteiger partial charge on any atom is 0.269 e. The van der Waals surface area contributed by atoms with E-state index in [-0.39, 0.29) is 5.69 Å². The molecule has 0 radical (unpaired) electrons. The molecule has 0 aliphatic rings. The number of nitro benzene ring substituents is 1. The molecule has 0 bridgehead atoms. The molecule has 3 nitrogen and oxygen atoms in total. The highest BCUT2D eigenvalue weighted by atomic mass is 79.9. The fraction of sp³-hybridized carbons (Fsp3) is 0. The van der Waals surface area contributed by atoms with Gasteiger partial charge in [-0.1, -0.05) is 60.4 Å². The van der Waals surface area contributed by atoms with Gasteiger partial charge in [-0.25, -0.2) is 0 Å². The van der Waals surface area contributed by atoms with Gasteiger partial charge in [-0.3, -0.25) is 10.1 Å². The summed E-state index contributed by atoms with van der Waals surface area (Å²) in [6, 6.07) is 22.6. The second-order valence-electron chi connectivity index (χ2n) is 5.83. The number of rotatable bonds is 1. The molecule has 0 saturated carbocycles. The van der Waals surface area contributed by atoms with E-state index in [1.165, 1.54) is 12.1 Å². The molecule has 0 heterocycles. The third-order valence-corrected chi connectivity index (χ3v) is 5.13.